The van der Waals surface area contributed by atoms with Crippen LogP contribution in [0.4, 0.5) is 9.18 Å². The number of thiophene rings is 1. The van der Waals surface area contributed by atoms with Gasteiger partial charge in [-0.2, -0.15) is 0 Å². The molecule has 296 valence electrons. The normalized spacial score (nSPS) is 18.0. The summed E-state index contributed by atoms with van der Waals surface area (Å²) in [5, 5.41) is 7.16. The molecular weight excluding hydrogens is 744 g/mol. The van der Waals surface area contributed by atoms with Crippen molar-refractivity contribution in [1.82, 2.24) is 40.0 Å². The van der Waals surface area contributed by atoms with Crippen molar-refractivity contribution >= 4 is 34.2 Å². The molecule has 6 heterocycles. The Morgan fingerprint density at radius 2 is 1.84 bits per heavy atom. The number of nitrogens with zero attached hydrogens (tertiary/aromatic N) is 4. The Balaban J connectivity index is 1.05. The zero-order valence-electron chi connectivity index (χ0n) is 32.5. The van der Waals surface area contributed by atoms with E-state index in [-0.39, 0.29) is 24.4 Å². The van der Waals surface area contributed by atoms with E-state index in [1.165, 1.54) is 30.9 Å². The third-order valence-corrected chi connectivity index (χ3v) is 12.5. The lowest BCUT2D eigenvalue weighted by Gasteiger charge is -2.30. The first kappa shape index (κ1) is 37.1. The fourth-order valence-electron chi connectivity index (χ4n) is 8.16. The summed E-state index contributed by atoms with van der Waals surface area (Å²) in [6.07, 6.45) is 7.71. The standard InChI is InChI=1S/C43H47FN8O4S/c1-5-15-51(41(53)39(23(2)3)50-43(54)55-4)22-37-46-20-31(48-37)26-17-28(44)38-33-18-27-16-25(30-21-47-40(49-30)29-7-6-14-45-29)10-11-32(27)52(33)42(56-34(38)19-26)36-13-12-35(57-36)24-8-9-24/h10-13,16-21,23-24,29,39,42,45H,5-9,14-15,22H2,1-4H3,(H,46,48)(H,47,49)(H,50,54). The second-order valence-electron chi connectivity index (χ2n) is 15.7. The van der Waals surface area contributed by atoms with Crippen molar-refractivity contribution in [2.75, 3.05) is 20.2 Å². The van der Waals surface area contributed by atoms with Crippen molar-refractivity contribution in [3.8, 4) is 39.5 Å². The average Bonchev–Trinajstić information content (AvgIpc) is 3.82. The molecule has 1 saturated carbocycles. The largest absolute Gasteiger partial charge is 0.464 e. The average molecular weight is 791 g/mol. The minimum atomic E-state index is -0.762. The Morgan fingerprint density at radius 1 is 1.04 bits per heavy atom. The topological polar surface area (TPSA) is 142 Å². The number of H-pyrrole nitrogens is 2. The minimum absolute atomic E-state index is 0.163. The van der Waals surface area contributed by atoms with Crippen LogP contribution in [0.1, 0.15) is 92.5 Å². The van der Waals surface area contributed by atoms with Crippen LogP contribution in [-0.4, -0.2) is 67.6 Å². The number of halogens is 1. The van der Waals surface area contributed by atoms with E-state index in [1.54, 1.807) is 22.4 Å². The number of carbonyl (C=O) groups excluding carboxylic acids is 2. The Kier molecular flexibility index (Phi) is 9.85. The summed E-state index contributed by atoms with van der Waals surface area (Å²) in [6.45, 7) is 7.38. The fourth-order valence-corrected chi connectivity index (χ4v) is 9.36. The number of ether oxygens (including phenoxy) is 2. The molecule has 0 spiro atoms. The van der Waals surface area contributed by atoms with Gasteiger partial charge >= 0.3 is 6.09 Å². The van der Waals surface area contributed by atoms with E-state index >= 15 is 4.39 Å². The van der Waals surface area contributed by atoms with Gasteiger partial charge in [-0.15, -0.1) is 11.3 Å². The van der Waals surface area contributed by atoms with Crippen molar-refractivity contribution in [3.63, 3.8) is 0 Å². The van der Waals surface area contributed by atoms with E-state index < -0.39 is 24.2 Å². The molecule has 12 nitrogen and oxygen atoms in total. The van der Waals surface area contributed by atoms with Gasteiger partial charge in [-0.25, -0.2) is 19.2 Å². The highest BCUT2D eigenvalue weighted by Gasteiger charge is 2.35. The van der Waals surface area contributed by atoms with Gasteiger partial charge in [-0.1, -0.05) is 26.8 Å². The third kappa shape index (κ3) is 7.09. The zero-order chi connectivity index (χ0) is 39.4. The molecule has 1 saturated heterocycles. The van der Waals surface area contributed by atoms with Gasteiger partial charge in [-0.3, -0.25) is 9.36 Å². The number of hydrogen-bond donors (Lipinski definition) is 4. The first-order valence-corrected chi connectivity index (χ1v) is 20.7. The molecule has 4 N–H and O–H groups in total. The predicted molar refractivity (Wildman–Crippen MR) is 217 cm³/mol. The maximum absolute atomic E-state index is 16.6. The molecular formula is C43H47FN8O4S. The summed E-state index contributed by atoms with van der Waals surface area (Å²) in [4.78, 5) is 45.9. The SMILES string of the molecule is CCCN(Cc1ncc(-c2cc(F)c3c(c2)OC(c2ccc(C4CC4)s2)n2c-3cc3cc(-c4cnc(C5CCCN5)[nH]4)ccc32)[nH]1)C(=O)C(NC(=O)OC)C(C)C. The molecule has 2 fully saturated rings. The van der Waals surface area contributed by atoms with Crippen molar-refractivity contribution in [2.24, 2.45) is 5.92 Å². The maximum atomic E-state index is 16.6. The summed E-state index contributed by atoms with van der Waals surface area (Å²) in [5.41, 5.74) is 5.24. The number of nitrogens with one attached hydrogen (secondary N) is 4. The first-order valence-electron chi connectivity index (χ1n) is 19.9. The Hall–Kier alpha value is -5.47. The molecule has 6 aromatic rings. The Bertz CT molecular complexity index is 2450. The molecule has 2 aliphatic heterocycles. The van der Waals surface area contributed by atoms with Crippen LogP contribution in [0.5, 0.6) is 5.75 Å². The molecule has 2 amide bonds. The van der Waals surface area contributed by atoms with Gasteiger partial charge in [0.1, 0.15) is 29.3 Å². The predicted octanol–water partition coefficient (Wildman–Crippen LogP) is 8.65. The van der Waals surface area contributed by atoms with Gasteiger partial charge < -0.3 is 35.0 Å². The van der Waals surface area contributed by atoms with E-state index in [2.05, 4.69) is 66.6 Å². The number of hydrogen-bond acceptors (Lipinski definition) is 8. The van der Waals surface area contributed by atoms with E-state index in [0.717, 1.165) is 57.9 Å². The third-order valence-electron chi connectivity index (χ3n) is 11.3. The quantitative estimate of drug-likeness (QED) is 0.0973. The van der Waals surface area contributed by atoms with Crippen LogP contribution in [0.2, 0.25) is 0 Å². The molecule has 3 unspecified atom stereocenters. The molecule has 0 bridgehead atoms. The second kappa shape index (κ2) is 15.1. The first-order chi connectivity index (χ1) is 27.7. The molecule has 3 aliphatic rings. The molecule has 0 radical (unpaired) electrons. The number of aromatic nitrogens is 5. The minimum Gasteiger partial charge on any atom is -0.464 e. The summed E-state index contributed by atoms with van der Waals surface area (Å²) in [5.74, 6) is 1.73. The number of methoxy groups -OCH3 is 1. The summed E-state index contributed by atoms with van der Waals surface area (Å²) < 4.78 is 30.4. The summed E-state index contributed by atoms with van der Waals surface area (Å²) in [7, 11) is 1.27. The molecule has 3 atom stereocenters. The van der Waals surface area contributed by atoms with Gasteiger partial charge in [0.15, 0.2) is 0 Å². The Labute approximate surface area is 334 Å². The van der Waals surface area contributed by atoms with E-state index in [0.29, 0.717) is 47.3 Å². The van der Waals surface area contributed by atoms with Crippen LogP contribution in [0, 0.1) is 11.7 Å². The van der Waals surface area contributed by atoms with Crippen LogP contribution in [0.25, 0.3) is 44.7 Å². The maximum Gasteiger partial charge on any atom is 0.407 e. The highest BCUT2D eigenvalue weighted by atomic mass is 32.1. The molecule has 2 aromatic carbocycles. The number of rotatable bonds is 12. The van der Waals surface area contributed by atoms with Crippen LogP contribution >= 0.6 is 11.3 Å². The molecule has 57 heavy (non-hydrogen) atoms. The smallest absolute Gasteiger partial charge is 0.407 e. The number of imidazole rings is 2. The number of alkyl carbamates (subject to hydrolysis) is 1. The number of amides is 2. The fraction of sp³-hybridized carbons (Fsp3) is 0.395. The van der Waals surface area contributed by atoms with E-state index in [9.17, 15) is 9.59 Å². The van der Waals surface area contributed by atoms with Crippen molar-refractivity contribution < 1.29 is 23.5 Å². The van der Waals surface area contributed by atoms with Crippen LogP contribution in [-0.2, 0) is 16.1 Å². The number of aromatic amines is 2. The van der Waals surface area contributed by atoms with E-state index in [1.807, 2.05) is 33.0 Å². The monoisotopic (exact) mass is 790 g/mol. The number of carbonyl (C=O) groups is 2. The molecule has 9 rings (SSSR count). The summed E-state index contributed by atoms with van der Waals surface area (Å²) in [6, 6.07) is 15.6. The highest BCUT2D eigenvalue weighted by Crippen LogP contribution is 2.50. The van der Waals surface area contributed by atoms with Crippen molar-refractivity contribution in [1.29, 1.82) is 0 Å². The number of benzene rings is 2. The summed E-state index contributed by atoms with van der Waals surface area (Å²) >= 11 is 1.77. The van der Waals surface area contributed by atoms with Gasteiger partial charge in [0.2, 0.25) is 12.1 Å². The lowest BCUT2D eigenvalue weighted by atomic mass is 10.0. The molecule has 4 aromatic heterocycles. The van der Waals surface area contributed by atoms with Gasteiger partial charge in [0.05, 0.1) is 65.1 Å². The van der Waals surface area contributed by atoms with Gasteiger partial charge in [0.25, 0.3) is 0 Å². The lowest BCUT2D eigenvalue weighted by Crippen LogP contribution is -2.51. The molecule has 1 aliphatic carbocycles. The van der Waals surface area contributed by atoms with Crippen LogP contribution in [0.15, 0.2) is 60.9 Å². The van der Waals surface area contributed by atoms with Gasteiger partial charge in [0, 0.05) is 27.9 Å². The highest BCUT2D eigenvalue weighted by molar-refractivity contribution is 7.12. The second-order valence-corrected chi connectivity index (χ2v) is 16.8. The van der Waals surface area contributed by atoms with Crippen molar-refractivity contribution in [3.05, 3.63) is 88.1 Å². The van der Waals surface area contributed by atoms with E-state index in [4.69, 9.17) is 14.5 Å². The molecule has 14 heteroatoms. The lowest BCUT2D eigenvalue weighted by molar-refractivity contribution is -0.135. The van der Waals surface area contributed by atoms with Crippen molar-refractivity contribution in [2.45, 2.75) is 83.6 Å². The number of fused-ring (bicyclic) bond motifs is 5. The van der Waals surface area contributed by atoms with Crippen LogP contribution in [0.3, 0.4) is 0 Å². The zero-order valence-corrected chi connectivity index (χ0v) is 33.3. The van der Waals surface area contributed by atoms with Crippen LogP contribution < -0.4 is 15.4 Å². The Morgan fingerprint density at radius 3 is 2.60 bits per heavy atom. The van der Waals surface area contributed by atoms with Gasteiger partial charge in [-0.05, 0) is 92.9 Å².